The number of epoxide rings is 1. The normalized spacial score (nSPS) is 22.1. The molecule has 0 N–H and O–H groups in total. The van der Waals surface area contributed by atoms with Gasteiger partial charge in [-0.2, -0.15) is 0 Å². The van der Waals surface area contributed by atoms with Gasteiger partial charge in [-0.1, -0.05) is 0 Å². The second-order valence-electron chi connectivity index (χ2n) is 2.56. The van der Waals surface area contributed by atoms with Crippen molar-refractivity contribution >= 4 is 0 Å². The van der Waals surface area contributed by atoms with E-state index < -0.39 is 0 Å². The minimum absolute atomic E-state index is 0.209. The fourth-order valence-corrected chi connectivity index (χ4v) is 1.000. The lowest BCUT2D eigenvalue weighted by atomic mass is 10.3. The summed E-state index contributed by atoms with van der Waals surface area (Å²) in [6, 6.07) is 3.85. The maximum atomic E-state index is 5.40. The van der Waals surface area contributed by atoms with Gasteiger partial charge in [0, 0.05) is 7.11 Å². The van der Waals surface area contributed by atoms with Crippen LogP contribution in [0.2, 0.25) is 0 Å². The first-order valence-electron chi connectivity index (χ1n) is 3.59. The van der Waals surface area contributed by atoms with Crippen molar-refractivity contribution in [3.63, 3.8) is 0 Å². The second kappa shape index (κ2) is 2.68. The Morgan fingerprint density at radius 1 is 1.64 bits per heavy atom. The molecule has 3 nitrogen and oxygen atoms in total. The van der Waals surface area contributed by atoms with E-state index in [1.54, 1.807) is 7.11 Å². The highest BCUT2D eigenvalue weighted by atomic mass is 16.6. The summed E-state index contributed by atoms with van der Waals surface area (Å²) in [5, 5.41) is 0. The summed E-state index contributed by atoms with van der Waals surface area (Å²) in [4.78, 5) is 0. The van der Waals surface area contributed by atoms with Gasteiger partial charge in [0.2, 0.25) is 0 Å². The van der Waals surface area contributed by atoms with E-state index >= 15 is 0 Å². The molecule has 0 spiro atoms. The highest BCUT2D eigenvalue weighted by Crippen LogP contribution is 2.30. The molecule has 0 saturated carbocycles. The van der Waals surface area contributed by atoms with Crippen LogP contribution in [0.5, 0.6) is 0 Å². The zero-order chi connectivity index (χ0) is 7.68. The molecule has 1 fully saturated rings. The van der Waals surface area contributed by atoms with Crippen LogP contribution >= 0.6 is 0 Å². The molecule has 0 aromatic carbocycles. The van der Waals surface area contributed by atoms with Crippen LogP contribution in [0.4, 0.5) is 0 Å². The van der Waals surface area contributed by atoms with Gasteiger partial charge in [0.15, 0.2) is 0 Å². The van der Waals surface area contributed by atoms with Crippen molar-refractivity contribution in [2.45, 2.75) is 12.7 Å². The quantitative estimate of drug-likeness (QED) is 0.619. The average molecular weight is 154 g/mol. The highest BCUT2D eigenvalue weighted by Gasteiger charge is 2.27. The van der Waals surface area contributed by atoms with Crippen molar-refractivity contribution < 1.29 is 13.9 Å². The van der Waals surface area contributed by atoms with Gasteiger partial charge in [-0.15, -0.1) is 0 Å². The first-order chi connectivity index (χ1) is 5.40. The molecule has 60 valence electrons. The van der Waals surface area contributed by atoms with Crippen molar-refractivity contribution in [1.29, 1.82) is 0 Å². The summed E-state index contributed by atoms with van der Waals surface area (Å²) in [5.41, 5.74) is 0. The molecule has 0 unspecified atom stereocenters. The largest absolute Gasteiger partial charge is 0.461 e. The van der Waals surface area contributed by atoms with Gasteiger partial charge in [0.05, 0.1) is 6.61 Å². The lowest BCUT2D eigenvalue weighted by Crippen LogP contribution is -1.82. The van der Waals surface area contributed by atoms with Crippen LogP contribution in [0.25, 0.3) is 0 Å². The van der Waals surface area contributed by atoms with Gasteiger partial charge in [-0.3, -0.25) is 0 Å². The third kappa shape index (κ3) is 1.44. The molecule has 0 amide bonds. The minimum atomic E-state index is 0.209. The molecular formula is C8H10O3. The number of furan rings is 1. The van der Waals surface area contributed by atoms with Crippen LogP contribution in [0.1, 0.15) is 17.6 Å². The van der Waals surface area contributed by atoms with Crippen LogP contribution in [0, 0.1) is 0 Å². The number of hydrogen-bond donors (Lipinski definition) is 0. The fourth-order valence-electron chi connectivity index (χ4n) is 1.000. The van der Waals surface area contributed by atoms with E-state index in [9.17, 15) is 0 Å². The van der Waals surface area contributed by atoms with E-state index in [0.29, 0.717) is 6.61 Å². The van der Waals surface area contributed by atoms with Crippen molar-refractivity contribution in [1.82, 2.24) is 0 Å². The molecule has 1 saturated heterocycles. The SMILES string of the molecule is COCc1ccc([C@H]2CO2)o1. The van der Waals surface area contributed by atoms with Gasteiger partial charge < -0.3 is 13.9 Å². The molecule has 3 heteroatoms. The van der Waals surface area contributed by atoms with Crippen molar-refractivity contribution in [3.05, 3.63) is 23.7 Å². The number of hydrogen-bond acceptors (Lipinski definition) is 3. The Kier molecular flexibility index (Phi) is 1.68. The maximum absolute atomic E-state index is 5.40. The lowest BCUT2D eigenvalue weighted by molar-refractivity contribution is 0.161. The molecular weight excluding hydrogens is 144 g/mol. The monoisotopic (exact) mass is 154 g/mol. The predicted molar refractivity (Wildman–Crippen MR) is 38.1 cm³/mol. The Labute approximate surface area is 64.9 Å². The molecule has 1 aromatic rings. The molecule has 11 heavy (non-hydrogen) atoms. The molecule has 1 atom stereocenters. The topological polar surface area (TPSA) is 34.9 Å². The van der Waals surface area contributed by atoms with Gasteiger partial charge in [-0.25, -0.2) is 0 Å². The van der Waals surface area contributed by atoms with E-state index in [-0.39, 0.29) is 6.10 Å². The van der Waals surface area contributed by atoms with Crippen LogP contribution in [-0.4, -0.2) is 13.7 Å². The standard InChI is InChI=1S/C8H10O3/c1-9-4-6-2-3-7(11-6)8-5-10-8/h2-3,8H,4-5H2,1H3/t8-/m1/s1. The van der Waals surface area contributed by atoms with E-state index in [1.807, 2.05) is 12.1 Å². The molecule has 0 bridgehead atoms. The second-order valence-corrected chi connectivity index (χ2v) is 2.56. The van der Waals surface area contributed by atoms with Crippen LogP contribution in [-0.2, 0) is 16.1 Å². The molecule has 1 aliphatic heterocycles. The van der Waals surface area contributed by atoms with Crippen LogP contribution in [0.15, 0.2) is 16.5 Å². The van der Waals surface area contributed by atoms with Gasteiger partial charge in [0.1, 0.15) is 24.2 Å². The van der Waals surface area contributed by atoms with Crippen molar-refractivity contribution in [2.24, 2.45) is 0 Å². The van der Waals surface area contributed by atoms with E-state index in [4.69, 9.17) is 13.9 Å². The number of rotatable bonds is 3. The maximum Gasteiger partial charge on any atom is 0.138 e. The minimum Gasteiger partial charge on any atom is -0.461 e. The highest BCUT2D eigenvalue weighted by molar-refractivity contribution is 5.11. The summed E-state index contributed by atoms with van der Waals surface area (Å²) in [6.07, 6.45) is 0.209. The van der Waals surface area contributed by atoms with E-state index in [2.05, 4.69) is 0 Å². The smallest absolute Gasteiger partial charge is 0.138 e. The third-order valence-electron chi connectivity index (χ3n) is 1.62. The van der Waals surface area contributed by atoms with Gasteiger partial charge in [0.25, 0.3) is 0 Å². The van der Waals surface area contributed by atoms with Crippen LogP contribution < -0.4 is 0 Å². The van der Waals surface area contributed by atoms with E-state index in [1.165, 1.54) is 0 Å². The molecule has 2 heterocycles. The first-order valence-corrected chi connectivity index (χ1v) is 3.59. The summed E-state index contributed by atoms with van der Waals surface area (Å²) in [7, 11) is 1.65. The Balaban J connectivity index is 2.06. The Bertz CT molecular complexity index is 237. The summed E-state index contributed by atoms with van der Waals surface area (Å²) >= 11 is 0. The summed E-state index contributed by atoms with van der Waals surface area (Å²) < 4.78 is 15.4. The summed E-state index contributed by atoms with van der Waals surface area (Å²) in [5.74, 6) is 1.77. The zero-order valence-corrected chi connectivity index (χ0v) is 6.37. The summed E-state index contributed by atoms with van der Waals surface area (Å²) in [6.45, 7) is 1.33. The van der Waals surface area contributed by atoms with Crippen molar-refractivity contribution in [3.8, 4) is 0 Å². The lowest BCUT2D eigenvalue weighted by Gasteiger charge is -1.91. The van der Waals surface area contributed by atoms with Crippen molar-refractivity contribution in [2.75, 3.05) is 13.7 Å². The third-order valence-corrected chi connectivity index (χ3v) is 1.62. The molecule has 2 rings (SSSR count). The predicted octanol–water partition coefficient (Wildman–Crippen LogP) is 1.50. The molecule has 0 radical (unpaired) electrons. The molecule has 1 aromatic heterocycles. The Morgan fingerprint density at radius 2 is 2.45 bits per heavy atom. The van der Waals surface area contributed by atoms with Gasteiger partial charge >= 0.3 is 0 Å². The Hall–Kier alpha value is -0.800. The van der Waals surface area contributed by atoms with Gasteiger partial charge in [-0.05, 0) is 12.1 Å². The average Bonchev–Trinajstić information content (AvgIpc) is 2.75. The molecule has 0 aliphatic carbocycles. The first kappa shape index (κ1) is 6.88. The fraction of sp³-hybridized carbons (Fsp3) is 0.500. The zero-order valence-electron chi connectivity index (χ0n) is 6.37. The Morgan fingerprint density at radius 3 is 3.09 bits per heavy atom. The molecule has 1 aliphatic rings. The number of methoxy groups -OCH3 is 1. The van der Waals surface area contributed by atoms with Crippen LogP contribution in [0.3, 0.4) is 0 Å². The number of ether oxygens (including phenoxy) is 2. The van der Waals surface area contributed by atoms with E-state index in [0.717, 1.165) is 18.1 Å².